The number of fused-ring (bicyclic) bond motifs is 1. The van der Waals surface area contributed by atoms with Crippen molar-refractivity contribution >= 4 is 22.7 Å². The monoisotopic (exact) mass is 431 g/mol. The van der Waals surface area contributed by atoms with Crippen LogP contribution in [0.5, 0.6) is 5.75 Å². The van der Waals surface area contributed by atoms with Crippen molar-refractivity contribution in [3.05, 3.63) is 73.2 Å². The average molecular weight is 431 g/mol. The third-order valence-corrected chi connectivity index (χ3v) is 4.59. The fourth-order valence-corrected chi connectivity index (χ4v) is 3.16. The number of halogens is 2. The Hall–Kier alpha value is -4.47. The summed E-state index contributed by atoms with van der Waals surface area (Å²) in [5.74, 6) is 1.09. The standard InChI is InChI=1S/C22H15F2N7O/c23-21(24)32-16-6-7-18-19(10-16)30-20(29-18)13-3-1-4-15(9-13)28-22-25-11-14(12-26-22)17-5-2-8-27-31-17/h1-12,21H,(H,29,30)(H,25,26,28). The smallest absolute Gasteiger partial charge is 0.387 e. The Balaban J connectivity index is 1.36. The molecule has 2 aromatic carbocycles. The molecule has 0 aliphatic rings. The van der Waals surface area contributed by atoms with Crippen molar-refractivity contribution in [1.29, 1.82) is 0 Å². The fourth-order valence-electron chi connectivity index (χ4n) is 3.16. The van der Waals surface area contributed by atoms with E-state index in [1.807, 2.05) is 30.3 Å². The molecule has 3 heterocycles. The van der Waals surface area contributed by atoms with E-state index in [4.69, 9.17) is 0 Å². The maximum Gasteiger partial charge on any atom is 0.387 e. The van der Waals surface area contributed by atoms with Crippen LogP contribution in [0.2, 0.25) is 0 Å². The van der Waals surface area contributed by atoms with Gasteiger partial charge in [-0.15, -0.1) is 0 Å². The zero-order valence-electron chi connectivity index (χ0n) is 16.4. The van der Waals surface area contributed by atoms with Crippen molar-refractivity contribution in [3.8, 4) is 28.4 Å². The van der Waals surface area contributed by atoms with Crippen LogP contribution in [-0.2, 0) is 0 Å². The SMILES string of the molecule is FC(F)Oc1ccc2nc(-c3cccc(Nc4ncc(-c5cccnn5)cn4)c3)[nH]c2c1. The normalized spacial score (nSPS) is 11.1. The number of nitrogens with zero attached hydrogens (tertiary/aromatic N) is 5. The van der Waals surface area contributed by atoms with Gasteiger partial charge < -0.3 is 15.0 Å². The first-order valence-electron chi connectivity index (χ1n) is 9.56. The summed E-state index contributed by atoms with van der Waals surface area (Å²) >= 11 is 0. The Labute approximate surface area is 180 Å². The Morgan fingerprint density at radius 1 is 0.938 bits per heavy atom. The number of anilines is 2. The van der Waals surface area contributed by atoms with E-state index >= 15 is 0 Å². The van der Waals surface area contributed by atoms with Crippen molar-refractivity contribution in [3.63, 3.8) is 0 Å². The lowest BCUT2D eigenvalue weighted by molar-refractivity contribution is -0.0497. The zero-order valence-corrected chi connectivity index (χ0v) is 16.4. The lowest BCUT2D eigenvalue weighted by Gasteiger charge is -2.06. The summed E-state index contributed by atoms with van der Waals surface area (Å²) < 4.78 is 29.4. The summed E-state index contributed by atoms with van der Waals surface area (Å²) in [5, 5.41) is 11.0. The molecule has 0 saturated heterocycles. The van der Waals surface area contributed by atoms with Crippen LogP contribution < -0.4 is 10.1 Å². The third kappa shape index (κ3) is 4.19. The van der Waals surface area contributed by atoms with E-state index in [1.54, 1.807) is 30.7 Å². The molecular weight excluding hydrogens is 416 g/mol. The minimum Gasteiger partial charge on any atom is -0.435 e. The van der Waals surface area contributed by atoms with Crippen LogP contribution in [0.3, 0.4) is 0 Å². The van der Waals surface area contributed by atoms with Crippen LogP contribution in [0.1, 0.15) is 0 Å². The van der Waals surface area contributed by atoms with Gasteiger partial charge in [-0.2, -0.15) is 19.0 Å². The van der Waals surface area contributed by atoms with Gasteiger partial charge in [0, 0.05) is 41.5 Å². The highest BCUT2D eigenvalue weighted by atomic mass is 19.3. The second-order valence-corrected chi connectivity index (χ2v) is 6.75. The lowest BCUT2D eigenvalue weighted by Crippen LogP contribution is -2.01. The summed E-state index contributed by atoms with van der Waals surface area (Å²) in [6, 6.07) is 15.7. The molecule has 32 heavy (non-hydrogen) atoms. The van der Waals surface area contributed by atoms with Crippen LogP contribution in [0.15, 0.2) is 73.2 Å². The zero-order chi connectivity index (χ0) is 21.9. The number of H-pyrrole nitrogens is 1. The molecule has 0 aliphatic carbocycles. The molecule has 0 fully saturated rings. The van der Waals surface area contributed by atoms with E-state index in [0.29, 0.717) is 28.5 Å². The molecule has 10 heteroatoms. The highest BCUT2D eigenvalue weighted by molar-refractivity contribution is 5.81. The largest absolute Gasteiger partial charge is 0.435 e. The van der Waals surface area contributed by atoms with E-state index in [-0.39, 0.29) is 5.75 Å². The van der Waals surface area contributed by atoms with E-state index in [0.717, 1.165) is 16.8 Å². The first-order valence-corrected chi connectivity index (χ1v) is 9.56. The van der Waals surface area contributed by atoms with Gasteiger partial charge in [-0.05, 0) is 36.4 Å². The molecule has 0 saturated carbocycles. The molecule has 0 unspecified atom stereocenters. The van der Waals surface area contributed by atoms with Crippen LogP contribution in [0, 0.1) is 0 Å². The van der Waals surface area contributed by atoms with Crippen LogP contribution in [-0.4, -0.2) is 36.7 Å². The van der Waals surface area contributed by atoms with Gasteiger partial charge in [0.05, 0.1) is 16.7 Å². The highest BCUT2D eigenvalue weighted by Crippen LogP contribution is 2.27. The lowest BCUT2D eigenvalue weighted by atomic mass is 10.2. The molecule has 0 atom stereocenters. The van der Waals surface area contributed by atoms with Crippen LogP contribution in [0.4, 0.5) is 20.4 Å². The van der Waals surface area contributed by atoms with Crippen molar-refractivity contribution in [2.24, 2.45) is 0 Å². The number of hydrogen-bond acceptors (Lipinski definition) is 7. The topological polar surface area (TPSA) is 102 Å². The molecule has 5 rings (SSSR count). The Morgan fingerprint density at radius 3 is 2.59 bits per heavy atom. The van der Waals surface area contributed by atoms with Gasteiger partial charge in [0.25, 0.3) is 0 Å². The van der Waals surface area contributed by atoms with Crippen molar-refractivity contribution in [2.75, 3.05) is 5.32 Å². The number of ether oxygens (including phenoxy) is 1. The molecule has 8 nitrogen and oxygen atoms in total. The predicted molar refractivity (Wildman–Crippen MR) is 115 cm³/mol. The second-order valence-electron chi connectivity index (χ2n) is 6.75. The first-order chi connectivity index (χ1) is 15.6. The van der Waals surface area contributed by atoms with Gasteiger partial charge in [0.2, 0.25) is 5.95 Å². The molecule has 0 amide bonds. The summed E-state index contributed by atoms with van der Waals surface area (Å²) in [7, 11) is 0. The van der Waals surface area contributed by atoms with Gasteiger partial charge in [-0.25, -0.2) is 15.0 Å². The van der Waals surface area contributed by atoms with Gasteiger partial charge in [0.1, 0.15) is 11.6 Å². The number of benzene rings is 2. The van der Waals surface area contributed by atoms with Gasteiger partial charge in [-0.3, -0.25) is 0 Å². The third-order valence-electron chi connectivity index (χ3n) is 4.59. The van der Waals surface area contributed by atoms with E-state index in [9.17, 15) is 8.78 Å². The Bertz CT molecular complexity index is 1360. The summed E-state index contributed by atoms with van der Waals surface area (Å²) in [6.45, 7) is -2.88. The Morgan fingerprint density at radius 2 is 1.81 bits per heavy atom. The number of aromatic amines is 1. The van der Waals surface area contributed by atoms with E-state index in [1.165, 1.54) is 12.1 Å². The molecule has 0 radical (unpaired) electrons. The number of imidazole rings is 1. The van der Waals surface area contributed by atoms with Crippen LogP contribution in [0.25, 0.3) is 33.7 Å². The minimum absolute atomic E-state index is 0.0696. The maximum absolute atomic E-state index is 12.5. The highest BCUT2D eigenvalue weighted by Gasteiger charge is 2.10. The van der Waals surface area contributed by atoms with Gasteiger partial charge in [-0.1, -0.05) is 12.1 Å². The van der Waals surface area contributed by atoms with Gasteiger partial charge in [0.15, 0.2) is 0 Å². The maximum atomic E-state index is 12.5. The van der Waals surface area contributed by atoms with E-state index < -0.39 is 6.61 Å². The average Bonchev–Trinajstić information content (AvgIpc) is 3.24. The molecule has 0 bridgehead atoms. The van der Waals surface area contributed by atoms with E-state index in [2.05, 4.69) is 40.2 Å². The van der Waals surface area contributed by atoms with Crippen LogP contribution >= 0.6 is 0 Å². The van der Waals surface area contributed by atoms with Crippen molar-refractivity contribution in [1.82, 2.24) is 30.1 Å². The molecule has 2 N–H and O–H groups in total. The minimum atomic E-state index is -2.88. The number of nitrogens with one attached hydrogen (secondary N) is 2. The molecular formula is C22H15F2N7O. The van der Waals surface area contributed by atoms with Crippen molar-refractivity contribution in [2.45, 2.75) is 6.61 Å². The molecule has 158 valence electrons. The Kier molecular flexibility index (Phi) is 5.08. The number of hydrogen-bond donors (Lipinski definition) is 2. The summed E-state index contributed by atoms with van der Waals surface area (Å²) in [4.78, 5) is 16.3. The number of aromatic nitrogens is 6. The molecule has 0 spiro atoms. The summed E-state index contributed by atoms with van der Waals surface area (Å²) in [6.07, 6.45) is 4.94. The predicted octanol–water partition coefficient (Wildman–Crippen LogP) is 4.82. The number of rotatable bonds is 6. The van der Waals surface area contributed by atoms with Crippen molar-refractivity contribution < 1.29 is 13.5 Å². The molecule has 5 aromatic rings. The molecule has 3 aromatic heterocycles. The molecule has 0 aliphatic heterocycles. The first kappa shape index (κ1) is 19.5. The quantitative estimate of drug-likeness (QED) is 0.397. The number of alkyl halides is 2. The fraction of sp³-hybridized carbons (Fsp3) is 0.0455. The summed E-state index contributed by atoms with van der Waals surface area (Å²) in [5.41, 5.74) is 4.25. The van der Waals surface area contributed by atoms with Gasteiger partial charge >= 0.3 is 6.61 Å². The second kappa shape index (κ2) is 8.34.